The van der Waals surface area contributed by atoms with Gasteiger partial charge < -0.3 is 5.11 Å². The van der Waals surface area contributed by atoms with Gasteiger partial charge in [-0.25, -0.2) is 4.39 Å². The lowest BCUT2D eigenvalue weighted by atomic mass is 10.2. The molecule has 0 aliphatic rings. The molecule has 1 N–H and O–H groups in total. The predicted octanol–water partition coefficient (Wildman–Crippen LogP) is 1.69. The Morgan fingerprint density at radius 3 is 2.93 bits per heavy atom. The van der Waals surface area contributed by atoms with E-state index in [1.165, 1.54) is 6.07 Å². The van der Waals surface area contributed by atoms with Crippen molar-refractivity contribution >= 4 is 10.9 Å². The number of rotatable bonds is 2. The average molecular weight is 194 g/mol. The summed E-state index contributed by atoms with van der Waals surface area (Å²) in [6.45, 7) is 2.42. The molecule has 0 bridgehead atoms. The summed E-state index contributed by atoms with van der Waals surface area (Å²) < 4.78 is 14.9. The van der Waals surface area contributed by atoms with Gasteiger partial charge in [-0.2, -0.15) is 5.10 Å². The van der Waals surface area contributed by atoms with Crippen molar-refractivity contribution in [1.29, 1.82) is 0 Å². The fourth-order valence-corrected chi connectivity index (χ4v) is 1.60. The average Bonchev–Trinajstić information content (AvgIpc) is 2.57. The molecule has 74 valence electrons. The minimum atomic E-state index is -0.343. The third-order valence-corrected chi connectivity index (χ3v) is 2.28. The Kier molecular flexibility index (Phi) is 2.21. The maximum Gasteiger partial charge on any atom is 0.151 e. The van der Waals surface area contributed by atoms with Gasteiger partial charge in [0, 0.05) is 11.9 Å². The first-order chi connectivity index (χ1) is 6.77. The van der Waals surface area contributed by atoms with Gasteiger partial charge in [0.2, 0.25) is 0 Å². The maximum absolute atomic E-state index is 13.3. The molecule has 1 heterocycles. The second-order valence-corrected chi connectivity index (χ2v) is 3.06. The number of fused-ring (bicyclic) bond motifs is 1. The summed E-state index contributed by atoms with van der Waals surface area (Å²) in [5.41, 5.74) is 1.00. The van der Waals surface area contributed by atoms with Gasteiger partial charge in [-0.05, 0) is 13.0 Å². The predicted molar refractivity (Wildman–Crippen MR) is 51.3 cm³/mol. The Morgan fingerprint density at radius 2 is 2.29 bits per heavy atom. The van der Waals surface area contributed by atoms with Gasteiger partial charge in [-0.15, -0.1) is 0 Å². The Labute approximate surface area is 80.8 Å². The molecular weight excluding hydrogens is 183 g/mol. The van der Waals surface area contributed by atoms with Crippen LogP contribution in [0.2, 0.25) is 0 Å². The van der Waals surface area contributed by atoms with Crippen LogP contribution < -0.4 is 0 Å². The molecule has 0 aliphatic heterocycles. The number of halogens is 1. The first kappa shape index (κ1) is 9.15. The SMILES string of the molecule is CCn1nc2c(F)cccc2c1CO. The summed E-state index contributed by atoms with van der Waals surface area (Å²) in [6.07, 6.45) is 0. The van der Waals surface area contributed by atoms with E-state index in [-0.39, 0.29) is 12.4 Å². The Hall–Kier alpha value is -1.42. The van der Waals surface area contributed by atoms with E-state index in [2.05, 4.69) is 5.10 Å². The standard InChI is InChI=1S/C10H11FN2O/c1-2-13-9(6-14)7-4-3-5-8(11)10(7)12-13/h3-5,14H,2,6H2,1H3. The number of aromatic nitrogens is 2. The Balaban J connectivity index is 2.79. The molecule has 0 atom stereocenters. The van der Waals surface area contributed by atoms with Crippen molar-refractivity contribution in [1.82, 2.24) is 9.78 Å². The molecule has 1 aromatic carbocycles. The lowest BCUT2D eigenvalue weighted by molar-refractivity contribution is 0.270. The van der Waals surface area contributed by atoms with E-state index in [0.717, 1.165) is 0 Å². The number of aliphatic hydroxyl groups excluding tert-OH is 1. The summed E-state index contributed by atoms with van der Waals surface area (Å²) in [5.74, 6) is -0.343. The number of benzene rings is 1. The van der Waals surface area contributed by atoms with Crippen molar-refractivity contribution in [3.8, 4) is 0 Å². The van der Waals surface area contributed by atoms with Crippen molar-refractivity contribution < 1.29 is 9.50 Å². The lowest BCUT2D eigenvalue weighted by Crippen LogP contribution is -2.01. The molecule has 0 unspecified atom stereocenters. The van der Waals surface area contributed by atoms with Crippen LogP contribution in [-0.4, -0.2) is 14.9 Å². The topological polar surface area (TPSA) is 38.0 Å². The maximum atomic E-state index is 13.3. The lowest BCUT2D eigenvalue weighted by Gasteiger charge is -1.99. The summed E-state index contributed by atoms with van der Waals surface area (Å²) in [6, 6.07) is 4.76. The highest BCUT2D eigenvalue weighted by molar-refractivity contribution is 5.81. The monoisotopic (exact) mass is 194 g/mol. The van der Waals surface area contributed by atoms with Crippen molar-refractivity contribution in [3.63, 3.8) is 0 Å². The Morgan fingerprint density at radius 1 is 1.50 bits per heavy atom. The zero-order valence-corrected chi connectivity index (χ0v) is 7.87. The van der Waals surface area contributed by atoms with Crippen molar-refractivity contribution in [2.24, 2.45) is 0 Å². The molecule has 0 radical (unpaired) electrons. The van der Waals surface area contributed by atoms with Gasteiger partial charge >= 0.3 is 0 Å². The molecule has 1 aromatic heterocycles. The Bertz CT molecular complexity index is 464. The normalized spacial score (nSPS) is 11.1. The molecule has 0 aliphatic carbocycles. The number of nitrogens with zero attached hydrogens (tertiary/aromatic N) is 2. The molecule has 2 rings (SSSR count). The third-order valence-electron chi connectivity index (χ3n) is 2.28. The first-order valence-electron chi connectivity index (χ1n) is 4.52. The van der Waals surface area contributed by atoms with Gasteiger partial charge in [0.25, 0.3) is 0 Å². The van der Waals surface area contributed by atoms with Gasteiger partial charge in [-0.3, -0.25) is 4.68 Å². The highest BCUT2D eigenvalue weighted by Crippen LogP contribution is 2.20. The molecule has 0 amide bonds. The van der Waals surface area contributed by atoms with E-state index in [9.17, 15) is 4.39 Å². The van der Waals surface area contributed by atoms with E-state index in [4.69, 9.17) is 5.11 Å². The second-order valence-electron chi connectivity index (χ2n) is 3.06. The molecule has 4 heteroatoms. The van der Waals surface area contributed by atoms with E-state index in [1.54, 1.807) is 16.8 Å². The van der Waals surface area contributed by atoms with Crippen LogP contribution in [0.1, 0.15) is 12.6 Å². The zero-order chi connectivity index (χ0) is 10.1. The van der Waals surface area contributed by atoms with Gasteiger partial charge in [0.05, 0.1) is 12.3 Å². The first-order valence-corrected chi connectivity index (χ1v) is 4.52. The fraction of sp³-hybridized carbons (Fsp3) is 0.300. The molecule has 2 aromatic rings. The van der Waals surface area contributed by atoms with E-state index in [0.29, 0.717) is 23.1 Å². The quantitative estimate of drug-likeness (QED) is 0.790. The molecule has 0 spiro atoms. The molecular formula is C10H11FN2O. The molecule has 0 saturated heterocycles. The second kappa shape index (κ2) is 3.38. The smallest absolute Gasteiger partial charge is 0.151 e. The molecule has 3 nitrogen and oxygen atoms in total. The van der Waals surface area contributed by atoms with Crippen LogP contribution >= 0.6 is 0 Å². The van der Waals surface area contributed by atoms with Crippen molar-refractivity contribution in [2.75, 3.05) is 0 Å². The van der Waals surface area contributed by atoms with E-state index >= 15 is 0 Å². The van der Waals surface area contributed by atoms with Crippen molar-refractivity contribution in [2.45, 2.75) is 20.1 Å². The summed E-state index contributed by atoms with van der Waals surface area (Å²) in [5, 5.41) is 13.9. The van der Waals surface area contributed by atoms with Gasteiger partial charge in [0.15, 0.2) is 5.82 Å². The largest absolute Gasteiger partial charge is 0.390 e. The zero-order valence-electron chi connectivity index (χ0n) is 7.87. The van der Waals surface area contributed by atoms with Crippen LogP contribution in [0.15, 0.2) is 18.2 Å². The van der Waals surface area contributed by atoms with Crippen LogP contribution in [0.3, 0.4) is 0 Å². The third kappa shape index (κ3) is 1.19. The number of aryl methyl sites for hydroxylation is 1. The van der Waals surface area contributed by atoms with E-state index in [1.807, 2.05) is 6.92 Å². The minimum absolute atomic E-state index is 0.117. The van der Waals surface area contributed by atoms with Crippen molar-refractivity contribution in [3.05, 3.63) is 29.7 Å². The number of hydrogen-bond acceptors (Lipinski definition) is 2. The number of hydrogen-bond donors (Lipinski definition) is 1. The van der Waals surface area contributed by atoms with E-state index < -0.39 is 0 Å². The van der Waals surface area contributed by atoms with Crippen LogP contribution in [0.5, 0.6) is 0 Å². The minimum Gasteiger partial charge on any atom is -0.390 e. The molecule has 0 saturated carbocycles. The molecule has 0 fully saturated rings. The fourth-order valence-electron chi connectivity index (χ4n) is 1.60. The highest BCUT2D eigenvalue weighted by Gasteiger charge is 2.11. The van der Waals surface area contributed by atoms with Crippen LogP contribution in [-0.2, 0) is 13.2 Å². The van der Waals surface area contributed by atoms with Gasteiger partial charge in [-0.1, -0.05) is 12.1 Å². The van der Waals surface area contributed by atoms with Gasteiger partial charge in [0.1, 0.15) is 5.52 Å². The van der Waals surface area contributed by atoms with Crippen LogP contribution in [0.25, 0.3) is 10.9 Å². The number of aliphatic hydroxyl groups is 1. The summed E-state index contributed by atoms with van der Waals surface area (Å²) in [7, 11) is 0. The molecule has 14 heavy (non-hydrogen) atoms. The highest BCUT2D eigenvalue weighted by atomic mass is 19.1. The van der Waals surface area contributed by atoms with Crippen LogP contribution in [0, 0.1) is 5.82 Å². The van der Waals surface area contributed by atoms with Crippen LogP contribution in [0.4, 0.5) is 4.39 Å². The summed E-state index contributed by atoms with van der Waals surface area (Å²) >= 11 is 0. The summed E-state index contributed by atoms with van der Waals surface area (Å²) in [4.78, 5) is 0.